The van der Waals surface area contributed by atoms with Gasteiger partial charge in [-0.15, -0.1) is 0 Å². The highest BCUT2D eigenvalue weighted by atomic mass is 32.2. The van der Waals surface area contributed by atoms with E-state index in [9.17, 15) is 18.0 Å². The second kappa shape index (κ2) is 13.8. The molecule has 0 fully saturated rings. The van der Waals surface area contributed by atoms with Crippen molar-refractivity contribution < 1.29 is 27.4 Å². The number of thioether (sulfide) groups is 1. The number of rotatable bonds is 12. The van der Waals surface area contributed by atoms with E-state index in [0.717, 1.165) is 55.2 Å². The monoisotopic (exact) mass is 524 g/mol. The van der Waals surface area contributed by atoms with E-state index in [1.54, 1.807) is 31.3 Å². The molecule has 0 atom stereocenters. The molecule has 0 aliphatic heterocycles. The fourth-order valence-electron chi connectivity index (χ4n) is 3.30. The summed E-state index contributed by atoms with van der Waals surface area (Å²) in [6.45, 7) is 7.56. The average Bonchev–Trinajstić information content (AvgIpc) is 2.85. The molecule has 196 valence electrons. The Balaban J connectivity index is 2.26. The average molecular weight is 525 g/mol. The van der Waals surface area contributed by atoms with Crippen LogP contribution in [0.5, 0.6) is 17.2 Å². The number of aliphatic imine (C=N–C) groups is 1. The SMILES string of the molecule is CCN(CC)CCNC(=NC)/C(=C/c1ccc(Oc2ccc(C(F)(F)F)cc2N)c(OC)c1)SC=O. The second-order valence-corrected chi connectivity index (χ2v) is 8.38. The molecule has 0 aliphatic rings. The van der Waals surface area contributed by atoms with Crippen molar-refractivity contribution in [1.82, 2.24) is 10.2 Å². The third-order valence-electron chi connectivity index (χ3n) is 5.29. The molecule has 0 saturated carbocycles. The van der Waals surface area contributed by atoms with Gasteiger partial charge in [-0.3, -0.25) is 9.79 Å². The summed E-state index contributed by atoms with van der Waals surface area (Å²) in [6, 6.07) is 7.91. The normalized spacial score (nSPS) is 12.6. The van der Waals surface area contributed by atoms with Crippen LogP contribution in [-0.4, -0.2) is 56.7 Å². The molecule has 7 nitrogen and oxygen atoms in total. The fraction of sp³-hybridized carbons (Fsp3) is 0.360. The van der Waals surface area contributed by atoms with Gasteiger partial charge in [0.2, 0.25) is 0 Å². The summed E-state index contributed by atoms with van der Waals surface area (Å²) in [5, 5.41) is 3.28. The zero-order valence-corrected chi connectivity index (χ0v) is 21.5. The van der Waals surface area contributed by atoms with E-state index in [4.69, 9.17) is 15.2 Å². The summed E-state index contributed by atoms with van der Waals surface area (Å²) in [6.07, 6.45) is -2.72. The Kier molecular flexibility index (Phi) is 11.1. The molecule has 3 N–H and O–H groups in total. The van der Waals surface area contributed by atoms with Crippen LogP contribution in [0, 0.1) is 0 Å². The highest BCUT2D eigenvalue weighted by molar-refractivity contribution is 8.16. The lowest BCUT2D eigenvalue weighted by Gasteiger charge is -2.19. The van der Waals surface area contributed by atoms with Gasteiger partial charge in [0.05, 0.1) is 23.3 Å². The maximum Gasteiger partial charge on any atom is 0.416 e. The Hall–Kier alpha value is -3.18. The molecule has 2 aromatic rings. The largest absolute Gasteiger partial charge is 0.493 e. The van der Waals surface area contributed by atoms with Crippen LogP contribution in [0.2, 0.25) is 0 Å². The first-order valence-electron chi connectivity index (χ1n) is 11.2. The quantitative estimate of drug-likeness (QED) is 0.168. The zero-order chi connectivity index (χ0) is 26.7. The number of nitrogens with one attached hydrogen (secondary N) is 1. The van der Waals surface area contributed by atoms with Gasteiger partial charge >= 0.3 is 6.18 Å². The summed E-state index contributed by atoms with van der Waals surface area (Å²) in [5.74, 6) is 1.26. The summed E-state index contributed by atoms with van der Waals surface area (Å²) in [7, 11) is 3.09. The lowest BCUT2D eigenvalue weighted by Crippen LogP contribution is -2.35. The Morgan fingerprint density at radius 3 is 2.39 bits per heavy atom. The number of benzene rings is 2. The minimum absolute atomic E-state index is 0.0691. The van der Waals surface area contributed by atoms with E-state index in [2.05, 4.69) is 29.1 Å². The lowest BCUT2D eigenvalue weighted by molar-refractivity contribution is -0.137. The number of halogens is 3. The Labute approximate surface area is 213 Å². The number of nitrogen functional groups attached to an aromatic ring is 1. The molecule has 0 heterocycles. The van der Waals surface area contributed by atoms with Gasteiger partial charge in [0.1, 0.15) is 5.84 Å². The summed E-state index contributed by atoms with van der Waals surface area (Å²) in [4.78, 5) is 18.5. The topological polar surface area (TPSA) is 89.2 Å². The van der Waals surface area contributed by atoms with Gasteiger partial charge in [0.15, 0.2) is 22.9 Å². The maximum absolute atomic E-state index is 12.9. The molecule has 2 rings (SSSR count). The van der Waals surface area contributed by atoms with E-state index < -0.39 is 11.7 Å². The van der Waals surface area contributed by atoms with E-state index >= 15 is 0 Å². The summed E-state index contributed by atoms with van der Waals surface area (Å²) >= 11 is 0.993. The van der Waals surface area contributed by atoms with Crippen LogP contribution in [-0.2, 0) is 11.0 Å². The van der Waals surface area contributed by atoms with Crippen molar-refractivity contribution in [2.75, 3.05) is 46.1 Å². The van der Waals surface area contributed by atoms with Crippen LogP contribution < -0.4 is 20.5 Å². The molecule has 0 aliphatic carbocycles. The van der Waals surface area contributed by atoms with Crippen LogP contribution in [0.1, 0.15) is 25.0 Å². The minimum Gasteiger partial charge on any atom is -0.493 e. The van der Waals surface area contributed by atoms with Crippen LogP contribution in [0.4, 0.5) is 18.9 Å². The van der Waals surface area contributed by atoms with Crippen LogP contribution >= 0.6 is 11.8 Å². The number of amidine groups is 1. The standard InChI is InChI=1S/C25H31F3N4O3S/c1-5-32(6-2)12-11-31-24(30-3)23(36-16-33)14-17-7-9-21(22(13-17)34-4)35-20-10-8-18(15-19(20)29)25(26,27)28/h7-10,13-16H,5-6,11-12,29H2,1-4H3,(H,30,31)/b23-14-. The predicted octanol–water partition coefficient (Wildman–Crippen LogP) is 5.31. The van der Waals surface area contributed by atoms with Crippen molar-refractivity contribution in [2.45, 2.75) is 20.0 Å². The van der Waals surface area contributed by atoms with E-state index in [-0.39, 0.29) is 17.2 Å². The molecular weight excluding hydrogens is 493 g/mol. The van der Waals surface area contributed by atoms with Crippen molar-refractivity contribution >= 4 is 35.0 Å². The van der Waals surface area contributed by atoms with Crippen molar-refractivity contribution in [3.8, 4) is 17.2 Å². The number of alkyl halides is 3. The van der Waals surface area contributed by atoms with Gasteiger partial charge < -0.3 is 25.4 Å². The first kappa shape index (κ1) is 29.1. The van der Waals surface area contributed by atoms with Crippen molar-refractivity contribution in [1.29, 1.82) is 0 Å². The highest BCUT2D eigenvalue weighted by Gasteiger charge is 2.31. The number of carbonyl (C=O) groups excluding carboxylic acids is 1. The number of methoxy groups -OCH3 is 1. The maximum atomic E-state index is 12.9. The Bertz CT molecular complexity index is 1090. The van der Waals surface area contributed by atoms with Crippen LogP contribution in [0.25, 0.3) is 6.08 Å². The molecule has 0 amide bonds. The lowest BCUT2D eigenvalue weighted by atomic mass is 10.1. The first-order valence-corrected chi connectivity index (χ1v) is 12.1. The molecule has 0 aromatic heterocycles. The number of hydrogen-bond donors (Lipinski definition) is 2. The molecule has 2 aromatic carbocycles. The van der Waals surface area contributed by atoms with Gasteiger partial charge in [0.25, 0.3) is 0 Å². The molecule has 11 heteroatoms. The molecule has 0 saturated heterocycles. The minimum atomic E-state index is -4.50. The number of ether oxygens (including phenoxy) is 2. The van der Waals surface area contributed by atoms with E-state index in [0.29, 0.717) is 28.6 Å². The molecule has 0 bridgehead atoms. The van der Waals surface area contributed by atoms with Crippen molar-refractivity contribution in [3.05, 3.63) is 52.4 Å². The number of nitrogens with zero attached hydrogens (tertiary/aromatic N) is 2. The third kappa shape index (κ3) is 8.20. The number of nitrogens with two attached hydrogens (primary N) is 1. The van der Waals surface area contributed by atoms with E-state index in [1.165, 1.54) is 7.11 Å². The Morgan fingerprint density at radius 2 is 1.83 bits per heavy atom. The zero-order valence-electron chi connectivity index (χ0n) is 20.7. The van der Waals surface area contributed by atoms with Gasteiger partial charge in [-0.05, 0) is 55.1 Å². The summed E-state index contributed by atoms with van der Waals surface area (Å²) in [5.41, 5.74) is 6.19. The Morgan fingerprint density at radius 1 is 1.14 bits per heavy atom. The number of carbonyl (C=O) groups is 1. The van der Waals surface area contributed by atoms with Crippen LogP contribution in [0.3, 0.4) is 0 Å². The van der Waals surface area contributed by atoms with Crippen molar-refractivity contribution in [3.63, 3.8) is 0 Å². The number of hydrogen-bond acceptors (Lipinski definition) is 7. The fourth-order valence-corrected chi connectivity index (χ4v) is 3.89. The molecule has 0 unspecified atom stereocenters. The molecular formula is C25H31F3N4O3S. The molecule has 0 spiro atoms. The summed E-state index contributed by atoms with van der Waals surface area (Å²) < 4.78 is 49.9. The smallest absolute Gasteiger partial charge is 0.416 e. The number of anilines is 1. The van der Waals surface area contributed by atoms with Gasteiger partial charge in [0, 0.05) is 20.1 Å². The van der Waals surface area contributed by atoms with E-state index in [1.807, 2.05) is 0 Å². The van der Waals surface area contributed by atoms with Crippen molar-refractivity contribution in [2.24, 2.45) is 4.99 Å². The second-order valence-electron chi connectivity index (χ2n) is 7.51. The highest BCUT2D eigenvalue weighted by Crippen LogP contribution is 2.38. The molecule has 36 heavy (non-hydrogen) atoms. The van der Waals surface area contributed by atoms with Gasteiger partial charge in [-0.25, -0.2) is 0 Å². The van der Waals surface area contributed by atoms with Crippen LogP contribution in [0.15, 0.2) is 46.3 Å². The number of likely N-dealkylation sites (N-methyl/N-ethyl adjacent to an activating group) is 1. The van der Waals surface area contributed by atoms with Gasteiger partial charge in [-0.1, -0.05) is 31.7 Å². The first-order chi connectivity index (χ1) is 17.2. The third-order valence-corrected chi connectivity index (χ3v) is 5.95. The molecule has 0 radical (unpaired) electrons. The van der Waals surface area contributed by atoms with Gasteiger partial charge in [-0.2, -0.15) is 13.2 Å². The predicted molar refractivity (Wildman–Crippen MR) is 140 cm³/mol.